The maximum atomic E-state index is 10.6. The van der Waals surface area contributed by atoms with Crippen molar-refractivity contribution in [3.8, 4) is 16.9 Å². The van der Waals surface area contributed by atoms with Crippen LogP contribution in [-0.2, 0) is 0 Å². The van der Waals surface area contributed by atoms with E-state index in [1.807, 2.05) is 13.8 Å². The monoisotopic (exact) mass is 346 g/mol. The van der Waals surface area contributed by atoms with Gasteiger partial charge < -0.3 is 5.11 Å². The molecular formula is C25H30O. The van der Waals surface area contributed by atoms with Gasteiger partial charge in [0, 0.05) is 5.39 Å². The Labute approximate surface area is 157 Å². The van der Waals surface area contributed by atoms with Gasteiger partial charge >= 0.3 is 0 Å². The highest BCUT2D eigenvalue weighted by Crippen LogP contribution is 2.43. The largest absolute Gasteiger partial charge is 0.507 e. The Morgan fingerprint density at radius 3 is 2.08 bits per heavy atom. The van der Waals surface area contributed by atoms with Crippen LogP contribution in [0, 0.1) is 0 Å². The Morgan fingerprint density at radius 1 is 0.846 bits per heavy atom. The van der Waals surface area contributed by atoms with E-state index >= 15 is 0 Å². The summed E-state index contributed by atoms with van der Waals surface area (Å²) in [6, 6.07) is 19.5. The Kier molecular flexibility index (Phi) is 5.66. The van der Waals surface area contributed by atoms with E-state index in [2.05, 4.69) is 68.4 Å². The van der Waals surface area contributed by atoms with E-state index in [-0.39, 0.29) is 0 Å². The van der Waals surface area contributed by atoms with Crippen LogP contribution >= 0.6 is 0 Å². The lowest BCUT2D eigenvalue weighted by atomic mass is 9.79. The second-order valence-corrected chi connectivity index (χ2v) is 7.34. The molecule has 0 amide bonds. The molecule has 0 aromatic heterocycles. The van der Waals surface area contributed by atoms with Crippen molar-refractivity contribution in [2.45, 2.75) is 58.8 Å². The molecule has 1 saturated carbocycles. The summed E-state index contributed by atoms with van der Waals surface area (Å²) in [7, 11) is 0. The summed E-state index contributed by atoms with van der Waals surface area (Å²) in [6.07, 6.45) is 3.70. The van der Waals surface area contributed by atoms with Crippen molar-refractivity contribution in [3.05, 3.63) is 65.7 Å². The van der Waals surface area contributed by atoms with Gasteiger partial charge in [-0.15, -0.1) is 0 Å². The van der Waals surface area contributed by atoms with E-state index in [9.17, 15) is 5.11 Å². The molecule has 1 nitrogen and oxygen atoms in total. The summed E-state index contributed by atoms with van der Waals surface area (Å²) >= 11 is 0. The standard InChI is InChI=1S/C23H24O.C2H6/c1-15(2)16-6-8-17(9-7-16)19-10-12-22-20(14-19)11-13-21(23(22)24)18-4-3-5-18;1-2/h6-15,18,24H,3-5H2,1-2H3;1-2H3. The fraction of sp³-hybridized carbons (Fsp3) is 0.360. The maximum absolute atomic E-state index is 10.6. The number of rotatable bonds is 3. The number of hydrogen-bond donors (Lipinski definition) is 1. The van der Waals surface area contributed by atoms with Crippen molar-refractivity contribution in [2.75, 3.05) is 0 Å². The smallest absolute Gasteiger partial charge is 0.126 e. The van der Waals surface area contributed by atoms with E-state index in [1.54, 1.807) is 0 Å². The maximum Gasteiger partial charge on any atom is 0.126 e. The van der Waals surface area contributed by atoms with Crippen LogP contribution in [0.5, 0.6) is 5.75 Å². The van der Waals surface area contributed by atoms with Crippen LogP contribution in [0.25, 0.3) is 21.9 Å². The third-order valence-corrected chi connectivity index (χ3v) is 5.48. The Balaban J connectivity index is 0.000000948. The molecule has 0 heterocycles. The molecular weight excluding hydrogens is 316 g/mol. The Morgan fingerprint density at radius 2 is 1.50 bits per heavy atom. The molecule has 0 saturated heterocycles. The van der Waals surface area contributed by atoms with Gasteiger partial charge in [-0.3, -0.25) is 0 Å². The molecule has 3 aromatic carbocycles. The highest BCUT2D eigenvalue weighted by Gasteiger charge is 2.23. The lowest BCUT2D eigenvalue weighted by molar-refractivity contribution is 0.395. The first-order chi connectivity index (χ1) is 12.6. The molecule has 0 atom stereocenters. The van der Waals surface area contributed by atoms with Gasteiger partial charge in [0.1, 0.15) is 5.75 Å². The fourth-order valence-electron chi connectivity index (χ4n) is 3.62. The first-order valence-corrected chi connectivity index (χ1v) is 9.99. The van der Waals surface area contributed by atoms with Gasteiger partial charge in [0.2, 0.25) is 0 Å². The minimum atomic E-state index is 0.485. The molecule has 26 heavy (non-hydrogen) atoms. The van der Waals surface area contributed by atoms with Crippen LogP contribution < -0.4 is 0 Å². The molecule has 0 aliphatic heterocycles. The van der Waals surface area contributed by atoms with Crippen molar-refractivity contribution in [1.29, 1.82) is 0 Å². The Bertz CT molecular complexity index is 871. The molecule has 0 bridgehead atoms. The van der Waals surface area contributed by atoms with E-state index in [1.165, 1.54) is 36.0 Å². The SMILES string of the molecule is CC.CC(C)c1ccc(-c2ccc3c(O)c(C4CCC4)ccc3c2)cc1. The van der Waals surface area contributed by atoms with Crippen LogP contribution in [0.4, 0.5) is 0 Å². The number of aromatic hydroxyl groups is 1. The highest BCUT2D eigenvalue weighted by molar-refractivity contribution is 5.92. The average Bonchev–Trinajstić information content (AvgIpc) is 2.64. The van der Waals surface area contributed by atoms with E-state index in [0.717, 1.165) is 16.3 Å². The molecule has 1 fully saturated rings. The van der Waals surface area contributed by atoms with Crippen molar-refractivity contribution in [1.82, 2.24) is 0 Å². The first-order valence-electron chi connectivity index (χ1n) is 9.99. The highest BCUT2D eigenvalue weighted by atomic mass is 16.3. The van der Waals surface area contributed by atoms with E-state index in [4.69, 9.17) is 0 Å². The van der Waals surface area contributed by atoms with E-state index in [0.29, 0.717) is 17.6 Å². The van der Waals surface area contributed by atoms with Gasteiger partial charge in [0.15, 0.2) is 0 Å². The zero-order valence-electron chi connectivity index (χ0n) is 16.4. The number of benzene rings is 3. The molecule has 1 heteroatoms. The predicted molar refractivity (Wildman–Crippen MR) is 113 cm³/mol. The van der Waals surface area contributed by atoms with Crippen molar-refractivity contribution in [3.63, 3.8) is 0 Å². The minimum Gasteiger partial charge on any atom is -0.507 e. The van der Waals surface area contributed by atoms with Gasteiger partial charge in [-0.05, 0) is 58.4 Å². The second-order valence-electron chi connectivity index (χ2n) is 7.34. The normalized spacial score (nSPS) is 14.0. The topological polar surface area (TPSA) is 20.2 Å². The molecule has 0 radical (unpaired) electrons. The third-order valence-electron chi connectivity index (χ3n) is 5.48. The summed E-state index contributed by atoms with van der Waals surface area (Å²) in [5.74, 6) is 1.59. The molecule has 1 aliphatic rings. The third kappa shape index (κ3) is 3.49. The van der Waals surface area contributed by atoms with Gasteiger partial charge in [-0.1, -0.05) is 82.6 Å². The summed E-state index contributed by atoms with van der Waals surface area (Å²) in [4.78, 5) is 0. The summed E-state index contributed by atoms with van der Waals surface area (Å²) in [5, 5.41) is 12.7. The summed E-state index contributed by atoms with van der Waals surface area (Å²) < 4.78 is 0. The first kappa shape index (κ1) is 18.5. The average molecular weight is 347 g/mol. The van der Waals surface area contributed by atoms with Crippen LogP contribution in [0.2, 0.25) is 0 Å². The molecule has 4 rings (SSSR count). The van der Waals surface area contributed by atoms with Gasteiger partial charge in [0.25, 0.3) is 0 Å². The molecule has 136 valence electrons. The lowest BCUT2D eigenvalue weighted by Crippen LogP contribution is -2.08. The van der Waals surface area contributed by atoms with Crippen molar-refractivity contribution < 1.29 is 5.11 Å². The van der Waals surface area contributed by atoms with Crippen LogP contribution in [0.1, 0.15) is 69.9 Å². The number of hydrogen-bond acceptors (Lipinski definition) is 1. The molecule has 0 spiro atoms. The zero-order chi connectivity index (χ0) is 18.7. The summed E-state index contributed by atoms with van der Waals surface area (Å²) in [6.45, 7) is 8.43. The predicted octanol–water partition coefficient (Wildman–Crippen LogP) is 7.63. The van der Waals surface area contributed by atoms with Gasteiger partial charge in [-0.2, -0.15) is 0 Å². The van der Waals surface area contributed by atoms with Crippen molar-refractivity contribution in [2.24, 2.45) is 0 Å². The number of phenolic OH excluding ortho intramolecular Hbond substituents is 1. The van der Waals surface area contributed by atoms with Gasteiger partial charge in [-0.25, -0.2) is 0 Å². The Hall–Kier alpha value is -2.28. The second kappa shape index (κ2) is 7.95. The fourth-order valence-corrected chi connectivity index (χ4v) is 3.62. The van der Waals surface area contributed by atoms with Gasteiger partial charge in [0.05, 0.1) is 0 Å². The quantitative estimate of drug-likeness (QED) is 0.517. The summed E-state index contributed by atoms with van der Waals surface area (Å²) in [5.41, 5.74) is 4.92. The molecule has 1 N–H and O–H groups in total. The minimum absolute atomic E-state index is 0.485. The van der Waals surface area contributed by atoms with Crippen LogP contribution in [-0.4, -0.2) is 5.11 Å². The number of fused-ring (bicyclic) bond motifs is 1. The molecule has 0 unspecified atom stereocenters. The van der Waals surface area contributed by atoms with Crippen LogP contribution in [0.15, 0.2) is 54.6 Å². The van der Waals surface area contributed by atoms with Crippen molar-refractivity contribution >= 4 is 10.8 Å². The molecule has 3 aromatic rings. The molecule has 1 aliphatic carbocycles. The van der Waals surface area contributed by atoms with Crippen LogP contribution in [0.3, 0.4) is 0 Å². The lowest BCUT2D eigenvalue weighted by Gasteiger charge is -2.27. The number of phenols is 1. The zero-order valence-corrected chi connectivity index (χ0v) is 16.4. The van der Waals surface area contributed by atoms with E-state index < -0.39 is 0 Å².